The topological polar surface area (TPSA) is 58.6 Å². The second-order valence-corrected chi connectivity index (χ2v) is 5.85. The van der Waals surface area contributed by atoms with Crippen LogP contribution in [-0.4, -0.2) is 23.2 Å². The summed E-state index contributed by atoms with van der Waals surface area (Å²) >= 11 is 3.36. The van der Waals surface area contributed by atoms with E-state index in [1.807, 2.05) is 19.9 Å². The number of aliphatic hydroxyl groups excluding tert-OH is 1. The van der Waals surface area contributed by atoms with Gasteiger partial charge in [-0.1, -0.05) is 22.9 Å². The van der Waals surface area contributed by atoms with Crippen molar-refractivity contribution in [2.75, 3.05) is 0 Å². The molecule has 0 bridgehead atoms. The number of rotatable bonds is 6. The second kappa shape index (κ2) is 7.64. The van der Waals surface area contributed by atoms with E-state index in [0.29, 0.717) is 11.3 Å². The molecule has 0 heterocycles. The number of amides is 1. The standard InChI is InChI=1S/C15H22BrNO3/c1-5-9(2)17-15(19)11(4)20-14-7-6-12(16)8-13(14)10(3)18/h6-11,18H,5H2,1-4H3,(H,17,19)/t9?,10-,11?/m1/s1. The number of carbonyl (C=O) groups is 1. The molecule has 1 amide bonds. The number of nitrogens with one attached hydrogen (secondary N) is 1. The van der Waals surface area contributed by atoms with Crippen molar-refractivity contribution in [3.05, 3.63) is 28.2 Å². The minimum Gasteiger partial charge on any atom is -0.481 e. The summed E-state index contributed by atoms with van der Waals surface area (Å²) in [5, 5.41) is 12.6. The Bertz CT molecular complexity index is 462. The predicted molar refractivity (Wildman–Crippen MR) is 82.8 cm³/mol. The lowest BCUT2D eigenvalue weighted by Gasteiger charge is -2.20. The van der Waals surface area contributed by atoms with Gasteiger partial charge < -0.3 is 15.2 Å². The number of aliphatic hydroxyl groups is 1. The Labute approximate surface area is 128 Å². The summed E-state index contributed by atoms with van der Waals surface area (Å²) in [5.74, 6) is 0.369. The van der Waals surface area contributed by atoms with Gasteiger partial charge in [-0.15, -0.1) is 0 Å². The van der Waals surface area contributed by atoms with Crippen LogP contribution in [-0.2, 0) is 4.79 Å². The highest BCUT2D eigenvalue weighted by Gasteiger charge is 2.19. The van der Waals surface area contributed by atoms with Crippen LogP contribution < -0.4 is 10.1 Å². The average Bonchev–Trinajstić information content (AvgIpc) is 2.40. The number of halogens is 1. The number of carbonyl (C=O) groups excluding carboxylic acids is 1. The molecule has 0 spiro atoms. The van der Waals surface area contributed by atoms with Gasteiger partial charge in [-0.25, -0.2) is 0 Å². The number of benzene rings is 1. The Hall–Kier alpha value is -1.07. The van der Waals surface area contributed by atoms with Crippen LogP contribution in [0.1, 0.15) is 45.8 Å². The van der Waals surface area contributed by atoms with Crippen molar-refractivity contribution < 1.29 is 14.6 Å². The molecular formula is C15H22BrNO3. The second-order valence-electron chi connectivity index (χ2n) is 4.94. The Morgan fingerprint density at radius 2 is 2.05 bits per heavy atom. The zero-order chi connectivity index (χ0) is 15.3. The number of ether oxygens (including phenoxy) is 1. The van der Waals surface area contributed by atoms with Crippen LogP contribution >= 0.6 is 15.9 Å². The Morgan fingerprint density at radius 1 is 1.40 bits per heavy atom. The lowest BCUT2D eigenvalue weighted by atomic mass is 10.1. The van der Waals surface area contributed by atoms with Crippen molar-refractivity contribution in [3.63, 3.8) is 0 Å². The highest BCUT2D eigenvalue weighted by Crippen LogP contribution is 2.29. The van der Waals surface area contributed by atoms with Crippen LogP contribution in [0.4, 0.5) is 0 Å². The van der Waals surface area contributed by atoms with Crippen molar-refractivity contribution in [2.24, 2.45) is 0 Å². The summed E-state index contributed by atoms with van der Waals surface area (Å²) in [6.45, 7) is 7.33. The Morgan fingerprint density at radius 3 is 2.60 bits per heavy atom. The monoisotopic (exact) mass is 343 g/mol. The molecule has 5 heteroatoms. The molecule has 0 saturated heterocycles. The first-order chi connectivity index (χ1) is 9.35. The quantitative estimate of drug-likeness (QED) is 0.833. The van der Waals surface area contributed by atoms with E-state index in [1.54, 1.807) is 26.0 Å². The third kappa shape index (κ3) is 4.80. The maximum absolute atomic E-state index is 12.0. The fourth-order valence-electron chi connectivity index (χ4n) is 1.66. The normalized spacial score (nSPS) is 15.3. The SMILES string of the molecule is CCC(C)NC(=O)C(C)Oc1ccc(Br)cc1[C@@H](C)O. The Kier molecular flexibility index (Phi) is 6.49. The zero-order valence-corrected chi connectivity index (χ0v) is 13.9. The van der Waals surface area contributed by atoms with Crippen LogP contribution in [0.15, 0.2) is 22.7 Å². The molecule has 0 aromatic heterocycles. The van der Waals surface area contributed by atoms with Gasteiger partial charge in [0, 0.05) is 16.1 Å². The minimum absolute atomic E-state index is 0.120. The van der Waals surface area contributed by atoms with Crippen molar-refractivity contribution in [1.82, 2.24) is 5.32 Å². The smallest absolute Gasteiger partial charge is 0.260 e. The first-order valence-electron chi connectivity index (χ1n) is 6.79. The maximum atomic E-state index is 12.0. The lowest BCUT2D eigenvalue weighted by Crippen LogP contribution is -2.41. The van der Waals surface area contributed by atoms with Crippen LogP contribution in [0.2, 0.25) is 0 Å². The molecule has 1 rings (SSSR count). The summed E-state index contributed by atoms with van der Waals surface area (Å²) < 4.78 is 6.53. The molecule has 0 fully saturated rings. The molecule has 0 aliphatic rings. The number of hydrogen-bond acceptors (Lipinski definition) is 3. The van der Waals surface area contributed by atoms with Gasteiger partial charge in [-0.3, -0.25) is 4.79 Å². The molecule has 0 aliphatic heterocycles. The first-order valence-corrected chi connectivity index (χ1v) is 7.59. The van der Waals surface area contributed by atoms with E-state index in [2.05, 4.69) is 21.2 Å². The minimum atomic E-state index is -0.660. The van der Waals surface area contributed by atoms with E-state index in [-0.39, 0.29) is 11.9 Å². The van der Waals surface area contributed by atoms with E-state index in [4.69, 9.17) is 4.74 Å². The highest BCUT2D eigenvalue weighted by atomic mass is 79.9. The molecule has 0 radical (unpaired) electrons. The maximum Gasteiger partial charge on any atom is 0.260 e. The zero-order valence-electron chi connectivity index (χ0n) is 12.3. The molecule has 112 valence electrons. The molecular weight excluding hydrogens is 322 g/mol. The van der Waals surface area contributed by atoms with Gasteiger partial charge in [0.25, 0.3) is 5.91 Å². The van der Waals surface area contributed by atoms with Gasteiger partial charge >= 0.3 is 0 Å². The molecule has 1 aromatic rings. The molecule has 4 nitrogen and oxygen atoms in total. The lowest BCUT2D eigenvalue weighted by molar-refractivity contribution is -0.127. The first kappa shape index (κ1) is 17.0. The third-order valence-corrected chi connectivity index (χ3v) is 3.59. The predicted octanol–water partition coefficient (Wildman–Crippen LogP) is 3.18. The number of hydrogen-bond donors (Lipinski definition) is 2. The van der Waals surface area contributed by atoms with Crippen molar-refractivity contribution in [2.45, 2.75) is 52.4 Å². The van der Waals surface area contributed by atoms with Crippen molar-refractivity contribution >= 4 is 21.8 Å². The molecule has 0 saturated carbocycles. The summed E-state index contributed by atoms with van der Waals surface area (Å²) in [4.78, 5) is 12.0. The Balaban J connectivity index is 2.80. The van der Waals surface area contributed by atoms with Gasteiger partial charge in [0.1, 0.15) is 5.75 Å². The average molecular weight is 344 g/mol. The van der Waals surface area contributed by atoms with Gasteiger partial charge in [-0.2, -0.15) is 0 Å². The summed E-state index contributed by atoms with van der Waals surface area (Å²) in [6.07, 6.45) is -0.398. The van der Waals surface area contributed by atoms with Gasteiger partial charge in [0.05, 0.1) is 6.10 Å². The van der Waals surface area contributed by atoms with Gasteiger partial charge in [0.15, 0.2) is 6.10 Å². The third-order valence-electron chi connectivity index (χ3n) is 3.10. The van der Waals surface area contributed by atoms with E-state index < -0.39 is 12.2 Å². The largest absolute Gasteiger partial charge is 0.481 e. The van der Waals surface area contributed by atoms with Crippen LogP contribution in [0.3, 0.4) is 0 Å². The van der Waals surface area contributed by atoms with Crippen LogP contribution in [0, 0.1) is 0 Å². The fraction of sp³-hybridized carbons (Fsp3) is 0.533. The van der Waals surface area contributed by atoms with Crippen molar-refractivity contribution in [1.29, 1.82) is 0 Å². The highest BCUT2D eigenvalue weighted by molar-refractivity contribution is 9.10. The van der Waals surface area contributed by atoms with Crippen molar-refractivity contribution in [3.8, 4) is 5.75 Å². The molecule has 3 atom stereocenters. The molecule has 20 heavy (non-hydrogen) atoms. The summed E-state index contributed by atoms with van der Waals surface area (Å²) in [6, 6.07) is 5.48. The van der Waals surface area contributed by atoms with Crippen LogP contribution in [0.5, 0.6) is 5.75 Å². The summed E-state index contributed by atoms with van der Waals surface area (Å²) in [7, 11) is 0. The fourth-order valence-corrected chi connectivity index (χ4v) is 2.04. The van der Waals surface area contributed by atoms with Gasteiger partial charge in [0.2, 0.25) is 0 Å². The van der Waals surface area contributed by atoms with Crippen LogP contribution in [0.25, 0.3) is 0 Å². The van der Waals surface area contributed by atoms with E-state index in [0.717, 1.165) is 10.9 Å². The summed E-state index contributed by atoms with van der Waals surface area (Å²) in [5.41, 5.74) is 0.655. The molecule has 2 unspecified atom stereocenters. The van der Waals surface area contributed by atoms with E-state index in [9.17, 15) is 9.90 Å². The molecule has 0 aliphatic carbocycles. The van der Waals surface area contributed by atoms with E-state index >= 15 is 0 Å². The van der Waals surface area contributed by atoms with Gasteiger partial charge in [-0.05, 0) is 45.4 Å². The molecule has 2 N–H and O–H groups in total. The molecule has 1 aromatic carbocycles. The van der Waals surface area contributed by atoms with E-state index in [1.165, 1.54) is 0 Å².